The first-order valence-corrected chi connectivity index (χ1v) is 6.55. The number of benzene rings is 2. The minimum atomic E-state index is -0.482. The van der Waals surface area contributed by atoms with Crippen LogP contribution in [0.2, 0.25) is 0 Å². The predicted octanol–water partition coefficient (Wildman–Crippen LogP) is 3.10. The van der Waals surface area contributed by atoms with Crippen LogP contribution < -0.4 is 10.6 Å². The normalized spacial score (nSPS) is 10.3. The van der Waals surface area contributed by atoms with E-state index in [4.69, 9.17) is 10.6 Å². The number of carbonyl (C=O) groups is 1. The quantitative estimate of drug-likeness (QED) is 0.797. The van der Waals surface area contributed by atoms with Crippen LogP contribution in [0.4, 0.5) is 0 Å². The Morgan fingerprint density at radius 1 is 0.905 bits per heavy atom. The first kappa shape index (κ1) is 13.0. The Labute approximate surface area is 122 Å². The number of primary amides is 1. The molecular formula is C17H14N2O2. The number of carbonyl (C=O) groups excluding carboxylic acids is 1. The molecule has 1 amide bonds. The van der Waals surface area contributed by atoms with Crippen molar-refractivity contribution < 1.29 is 9.63 Å². The largest absolute Gasteiger partial charge is 0.375 e. The molecule has 3 aromatic rings. The Morgan fingerprint density at radius 2 is 1.52 bits per heavy atom. The van der Waals surface area contributed by atoms with Crippen LogP contribution >= 0.6 is 0 Å². The number of rotatable bonds is 4. The van der Waals surface area contributed by atoms with Gasteiger partial charge in [-0.1, -0.05) is 48.5 Å². The van der Waals surface area contributed by atoms with Crippen molar-refractivity contribution in [2.45, 2.75) is 0 Å². The number of nitrogens with zero attached hydrogens (tertiary/aromatic N) is 1. The van der Waals surface area contributed by atoms with Crippen molar-refractivity contribution in [3.05, 3.63) is 78.5 Å². The van der Waals surface area contributed by atoms with Gasteiger partial charge in [0.1, 0.15) is 5.69 Å². The van der Waals surface area contributed by atoms with E-state index in [1.807, 2.05) is 60.7 Å². The van der Waals surface area contributed by atoms with Crippen LogP contribution in [0.5, 0.6) is 5.75 Å². The molecule has 0 spiro atoms. The number of para-hydroxylation sites is 1. The molecule has 0 bridgehead atoms. The van der Waals surface area contributed by atoms with E-state index in [9.17, 15) is 4.79 Å². The molecule has 21 heavy (non-hydrogen) atoms. The summed E-state index contributed by atoms with van der Waals surface area (Å²) < 4.78 is 1.56. The maximum atomic E-state index is 11.6. The molecule has 0 saturated heterocycles. The van der Waals surface area contributed by atoms with Crippen LogP contribution in [0.25, 0.3) is 11.3 Å². The molecule has 0 radical (unpaired) electrons. The Kier molecular flexibility index (Phi) is 3.43. The summed E-state index contributed by atoms with van der Waals surface area (Å²) in [4.78, 5) is 17.4. The minimum Gasteiger partial charge on any atom is -0.375 e. The fourth-order valence-electron chi connectivity index (χ4n) is 2.16. The fraction of sp³-hybridized carbons (Fsp3) is 0. The zero-order valence-corrected chi connectivity index (χ0v) is 11.3. The van der Waals surface area contributed by atoms with E-state index in [0.717, 1.165) is 5.56 Å². The molecule has 0 atom stereocenters. The van der Waals surface area contributed by atoms with E-state index >= 15 is 0 Å². The highest BCUT2D eigenvalue weighted by Gasteiger charge is 2.16. The number of hydrogen-bond acceptors (Lipinski definition) is 2. The van der Waals surface area contributed by atoms with Crippen LogP contribution in [-0.4, -0.2) is 10.6 Å². The van der Waals surface area contributed by atoms with Gasteiger partial charge in [-0.3, -0.25) is 4.79 Å². The zero-order chi connectivity index (χ0) is 14.7. The van der Waals surface area contributed by atoms with Gasteiger partial charge >= 0.3 is 0 Å². The minimum absolute atomic E-state index is 0.428. The highest BCUT2D eigenvalue weighted by molar-refractivity contribution is 5.99. The number of aromatic nitrogens is 1. The molecular weight excluding hydrogens is 264 g/mol. The molecule has 0 aliphatic heterocycles. The van der Waals surface area contributed by atoms with Gasteiger partial charge in [-0.2, -0.15) is 4.73 Å². The summed E-state index contributed by atoms with van der Waals surface area (Å²) in [6.07, 6.45) is 1.69. The maximum Gasteiger partial charge on any atom is 0.251 e. The second-order valence-electron chi connectivity index (χ2n) is 4.54. The van der Waals surface area contributed by atoms with Gasteiger partial charge in [0.25, 0.3) is 5.91 Å². The third-order valence-corrected chi connectivity index (χ3v) is 3.11. The highest BCUT2D eigenvalue weighted by atomic mass is 16.7. The van der Waals surface area contributed by atoms with Gasteiger partial charge in [0, 0.05) is 11.8 Å². The Balaban J connectivity index is 2.07. The van der Waals surface area contributed by atoms with Gasteiger partial charge in [0.05, 0.1) is 5.56 Å². The molecule has 0 unspecified atom stereocenters. The van der Waals surface area contributed by atoms with Crippen LogP contribution in [-0.2, 0) is 0 Å². The van der Waals surface area contributed by atoms with Crippen molar-refractivity contribution in [1.82, 2.24) is 4.73 Å². The molecule has 0 aliphatic carbocycles. The van der Waals surface area contributed by atoms with Crippen molar-refractivity contribution in [3.8, 4) is 17.0 Å². The summed E-state index contributed by atoms with van der Waals surface area (Å²) in [5, 5.41) is 0. The van der Waals surface area contributed by atoms with Gasteiger partial charge in [-0.15, -0.1) is 0 Å². The fourth-order valence-corrected chi connectivity index (χ4v) is 2.16. The van der Waals surface area contributed by atoms with E-state index < -0.39 is 5.91 Å². The number of hydrogen-bond donors (Lipinski definition) is 1. The molecule has 104 valence electrons. The Morgan fingerprint density at radius 3 is 2.14 bits per heavy atom. The molecule has 3 rings (SSSR count). The van der Waals surface area contributed by atoms with Crippen LogP contribution in [0, 0.1) is 0 Å². The highest BCUT2D eigenvalue weighted by Crippen LogP contribution is 2.25. The number of amides is 1. The lowest BCUT2D eigenvalue weighted by molar-refractivity contribution is 0.1000. The van der Waals surface area contributed by atoms with E-state index in [2.05, 4.69) is 0 Å². The molecule has 4 heteroatoms. The van der Waals surface area contributed by atoms with Gasteiger partial charge in [-0.05, 0) is 18.2 Å². The van der Waals surface area contributed by atoms with Crippen molar-refractivity contribution in [2.75, 3.05) is 0 Å². The van der Waals surface area contributed by atoms with Crippen LogP contribution in [0.15, 0.2) is 72.9 Å². The lowest BCUT2D eigenvalue weighted by Gasteiger charge is -2.11. The van der Waals surface area contributed by atoms with Gasteiger partial charge in [0.15, 0.2) is 5.75 Å². The van der Waals surface area contributed by atoms with Crippen LogP contribution in [0.3, 0.4) is 0 Å². The first-order valence-electron chi connectivity index (χ1n) is 6.55. The summed E-state index contributed by atoms with van der Waals surface area (Å²) in [6.45, 7) is 0. The predicted molar refractivity (Wildman–Crippen MR) is 80.9 cm³/mol. The average Bonchev–Trinajstić information content (AvgIpc) is 2.93. The summed E-state index contributed by atoms with van der Waals surface area (Å²) in [7, 11) is 0. The molecule has 2 N–H and O–H groups in total. The Bertz CT molecular complexity index is 749. The summed E-state index contributed by atoms with van der Waals surface area (Å²) in [5.41, 5.74) is 7.39. The molecule has 1 aromatic heterocycles. The van der Waals surface area contributed by atoms with Crippen LogP contribution in [0.1, 0.15) is 10.4 Å². The van der Waals surface area contributed by atoms with Gasteiger partial charge in [0.2, 0.25) is 0 Å². The third kappa shape index (κ3) is 2.65. The van der Waals surface area contributed by atoms with Gasteiger partial charge in [-0.25, -0.2) is 0 Å². The molecule has 0 fully saturated rings. The second kappa shape index (κ2) is 5.54. The molecule has 4 nitrogen and oxygen atoms in total. The lowest BCUT2D eigenvalue weighted by atomic mass is 10.1. The maximum absolute atomic E-state index is 11.6. The van der Waals surface area contributed by atoms with Crippen molar-refractivity contribution >= 4 is 5.91 Å². The monoisotopic (exact) mass is 278 g/mol. The van der Waals surface area contributed by atoms with E-state index in [1.165, 1.54) is 0 Å². The molecule has 1 heterocycles. The van der Waals surface area contributed by atoms with Crippen molar-refractivity contribution in [3.63, 3.8) is 0 Å². The van der Waals surface area contributed by atoms with E-state index in [0.29, 0.717) is 17.0 Å². The summed E-state index contributed by atoms with van der Waals surface area (Å²) in [5.74, 6) is 0.200. The zero-order valence-electron chi connectivity index (χ0n) is 11.3. The van der Waals surface area contributed by atoms with E-state index in [1.54, 1.807) is 17.0 Å². The summed E-state index contributed by atoms with van der Waals surface area (Å²) in [6, 6.07) is 20.6. The SMILES string of the molecule is NC(=O)c1ccn(Oc2ccccc2)c1-c1ccccc1. The van der Waals surface area contributed by atoms with E-state index in [-0.39, 0.29) is 0 Å². The standard InChI is InChI=1S/C17H14N2O2/c18-17(20)15-11-12-19(21-14-9-5-2-6-10-14)16(15)13-7-3-1-4-8-13/h1-12H,(H2,18,20). The van der Waals surface area contributed by atoms with Crippen molar-refractivity contribution in [1.29, 1.82) is 0 Å². The van der Waals surface area contributed by atoms with Crippen molar-refractivity contribution in [2.24, 2.45) is 5.73 Å². The average molecular weight is 278 g/mol. The molecule has 0 aliphatic rings. The number of nitrogens with two attached hydrogens (primary N) is 1. The molecule has 0 saturated carbocycles. The summed E-state index contributed by atoms with van der Waals surface area (Å²) >= 11 is 0. The lowest BCUT2D eigenvalue weighted by Crippen LogP contribution is -2.13. The topological polar surface area (TPSA) is 57.2 Å². The third-order valence-electron chi connectivity index (χ3n) is 3.11. The first-order chi connectivity index (χ1) is 10.3. The Hall–Kier alpha value is -3.01. The second-order valence-corrected chi connectivity index (χ2v) is 4.54. The molecule has 2 aromatic carbocycles. The van der Waals surface area contributed by atoms with Gasteiger partial charge < -0.3 is 10.6 Å². The smallest absolute Gasteiger partial charge is 0.251 e.